The third kappa shape index (κ3) is 1.73. The third-order valence-electron chi connectivity index (χ3n) is 1.86. The third-order valence-corrected chi connectivity index (χ3v) is 1.86. The van der Waals surface area contributed by atoms with Gasteiger partial charge in [0, 0.05) is 13.5 Å². The number of nitrogens with two attached hydrogens (primary N) is 1. The molecule has 12 heavy (non-hydrogen) atoms. The van der Waals surface area contributed by atoms with Gasteiger partial charge in [0.05, 0.1) is 13.2 Å². The van der Waals surface area contributed by atoms with E-state index in [1.807, 2.05) is 0 Å². The van der Waals surface area contributed by atoms with E-state index < -0.39 is 11.9 Å². The summed E-state index contributed by atoms with van der Waals surface area (Å²) in [6.45, 7) is 2.56. The van der Waals surface area contributed by atoms with Crippen molar-refractivity contribution in [2.45, 2.75) is 13.0 Å². The van der Waals surface area contributed by atoms with E-state index in [4.69, 9.17) is 10.5 Å². The zero-order valence-electron chi connectivity index (χ0n) is 6.95. The van der Waals surface area contributed by atoms with Crippen LogP contribution in [-0.2, 0) is 14.3 Å². The molecule has 0 radical (unpaired) electrons. The fourth-order valence-corrected chi connectivity index (χ4v) is 1.22. The van der Waals surface area contributed by atoms with E-state index >= 15 is 0 Å². The average Bonchev–Trinajstić information content (AvgIpc) is 2.04. The first kappa shape index (κ1) is 8.99. The highest BCUT2D eigenvalue weighted by Gasteiger charge is 2.28. The lowest BCUT2D eigenvalue weighted by molar-refractivity contribution is -0.145. The number of nitrogens with zero attached hydrogens (tertiary/aromatic N) is 1. The molecule has 0 bridgehead atoms. The minimum Gasteiger partial charge on any atom is -0.377 e. The number of carbonyl (C=O) groups excluding carboxylic acids is 2. The molecule has 0 saturated carbocycles. The van der Waals surface area contributed by atoms with E-state index in [1.165, 1.54) is 11.8 Å². The molecule has 0 aromatic heterocycles. The second-order valence-electron chi connectivity index (χ2n) is 2.71. The maximum Gasteiger partial charge on any atom is 0.242 e. The highest BCUT2D eigenvalue weighted by Crippen LogP contribution is 2.06. The summed E-state index contributed by atoms with van der Waals surface area (Å²) < 4.78 is 5.03. The predicted octanol–water partition coefficient (Wildman–Crippen LogP) is -1.28. The summed E-state index contributed by atoms with van der Waals surface area (Å²) in [6.07, 6.45) is 0. The highest BCUT2D eigenvalue weighted by atomic mass is 16.5. The Kier molecular flexibility index (Phi) is 2.65. The number of hydrogen-bond acceptors (Lipinski definition) is 3. The second kappa shape index (κ2) is 3.53. The van der Waals surface area contributed by atoms with Crippen molar-refractivity contribution >= 4 is 11.8 Å². The van der Waals surface area contributed by atoms with Crippen molar-refractivity contribution < 1.29 is 14.3 Å². The van der Waals surface area contributed by atoms with Crippen LogP contribution in [0, 0.1) is 0 Å². The van der Waals surface area contributed by atoms with Crippen LogP contribution in [0.15, 0.2) is 0 Å². The number of carbonyl (C=O) groups is 2. The van der Waals surface area contributed by atoms with Crippen LogP contribution in [0.4, 0.5) is 0 Å². The SMILES string of the molecule is CC(=O)N1CCOCC1C(N)=O. The first-order valence-electron chi connectivity index (χ1n) is 3.77. The molecule has 5 heteroatoms. The van der Waals surface area contributed by atoms with Gasteiger partial charge >= 0.3 is 0 Å². The molecule has 1 atom stereocenters. The monoisotopic (exact) mass is 172 g/mol. The summed E-state index contributed by atoms with van der Waals surface area (Å²) in [6, 6.07) is -0.587. The molecule has 1 saturated heterocycles. The van der Waals surface area contributed by atoms with Gasteiger partial charge in [-0.1, -0.05) is 0 Å². The molecule has 2 amide bonds. The maximum atomic E-state index is 11.0. The molecule has 1 heterocycles. The molecule has 2 N–H and O–H groups in total. The number of rotatable bonds is 1. The highest BCUT2D eigenvalue weighted by molar-refractivity contribution is 5.86. The quantitative estimate of drug-likeness (QED) is 0.535. The molecule has 1 aliphatic rings. The van der Waals surface area contributed by atoms with Gasteiger partial charge in [0.25, 0.3) is 0 Å². The van der Waals surface area contributed by atoms with Gasteiger partial charge in [0.1, 0.15) is 6.04 Å². The lowest BCUT2D eigenvalue weighted by atomic mass is 10.2. The summed E-state index contributed by atoms with van der Waals surface area (Å²) in [5, 5.41) is 0. The Balaban J connectivity index is 2.67. The summed E-state index contributed by atoms with van der Waals surface area (Å²) >= 11 is 0. The smallest absolute Gasteiger partial charge is 0.242 e. The van der Waals surface area contributed by atoms with E-state index in [0.29, 0.717) is 13.2 Å². The van der Waals surface area contributed by atoms with Crippen LogP contribution >= 0.6 is 0 Å². The summed E-state index contributed by atoms with van der Waals surface area (Å²) in [4.78, 5) is 23.2. The Morgan fingerprint density at radius 2 is 2.25 bits per heavy atom. The number of morpholine rings is 1. The van der Waals surface area contributed by atoms with Crippen molar-refractivity contribution in [3.63, 3.8) is 0 Å². The summed E-state index contributed by atoms with van der Waals surface area (Å²) in [5.74, 6) is -0.646. The fourth-order valence-electron chi connectivity index (χ4n) is 1.22. The van der Waals surface area contributed by atoms with Crippen LogP contribution in [0.3, 0.4) is 0 Å². The van der Waals surface area contributed by atoms with Crippen LogP contribution in [0.25, 0.3) is 0 Å². The average molecular weight is 172 g/mol. The van der Waals surface area contributed by atoms with Gasteiger partial charge in [-0.2, -0.15) is 0 Å². The molecule has 0 aromatic rings. The van der Waals surface area contributed by atoms with E-state index in [2.05, 4.69) is 0 Å². The van der Waals surface area contributed by atoms with Gasteiger partial charge in [-0.25, -0.2) is 0 Å². The van der Waals surface area contributed by atoms with Gasteiger partial charge in [-0.3, -0.25) is 9.59 Å². The Morgan fingerprint density at radius 3 is 2.67 bits per heavy atom. The second-order valence-corrected chi connectivity index (χ2v) is 2.71. The normalized spacial score (nSPS) is 23.8. The standard InChI is InChI=1S/C7H12N2O3/c1-5(10)9-2-3-12-4-6(9)7(8)11/h6H,2-4H2,1H3,(H2,8,11). The van der Waals surface area contributed by atoms with Crippen molar-refractivity contribution in [3.05, 3.63) is 0 Å². The fraction of sp³-hybridized carbons (Fsp3) is 0.714. The van der Waals surface area contributed by atoms with E-state index in [-0.39, 0.29) is 12.5 Å². The van der Waals surface area contributed by atoms with E-state index in [1.54, 1.807) is 0 Å². The Hall–Kier alpha value is -1.10. The Morgan fingerprint density at radius 1 is 1.58 bits per heavy atom. The predicted molar refractivity (Wildman–Crippen MR) is 41.2 cm³/mol. The largest absolute Gasteiger partial charge is 0.377 e. The molecule has 0 spiro atoms. The molecule has 1 fully saturated rings. The minimum atomic E-state index is -0.587. The van der Waals surface area contributed by atoms with Crippen LogP contribution in [0.2, 0.25) is 0 Å². The number of hydrogen-bond donors (Lipinski definition) is 1. The molecule has 1 aliphatic heterocycles. The van der Waals surface area contributed by atoms with Gasteiger partial charge < -0.3 is 15.4 Å². The van der Waals surface area contributed by atoms with Crippen molar-refractivity contribution in [1.82, 2.24) is 4.90 Å². The molecule has 5 nitrogen and oxygen atoms in total. The summed E-state index contributed by atoms with van der Waals surface area (Å²) in [5.41, 5.74) is 5.08. The van der Waals surface area contributed by atoms with Crippen molar-refractivity contribution in [1.29, 1.82) is 0 Å². The van der Waals surface area contributed by atoms with Gasteiger partial charge in [0.15, 0.2) is 0 Å². The maximum absolute atomic E-state index is 11.0. The Labute approximate surface area is 70.5 Å². The molecular weight excluding hydrogens is 160 g/mol. The molecule has 68 valence electrons. The minimum absolute atomic E-state index is 0.137. The summed E-state index contributed by atoms with van der Waals surface area (Å²) in [7, 11) is 0. The van der Waals surface area contributed by atoms with E-state index in [9.17, 15) is 9.59 Å². The lowest BCUT2D eigenvalue weighted by Crippen LogP contribution is -2.54. The first-order valence-corrected chi connectivity index (χ1v) is 3.77. The van der Waals surface area contributed by atoms with Crippen LogP contribution in [-0.4, -0.2) is 42.5 Å². The zero-order valence-corrected chi connectivity index (χ0v) is 6.95. The molecule has 1 rings (SSSR count). The first-order chi connectivity index (χ1) is 5.63. The van der Waals surface area contributed by atoms with Crippen molar-refractivity contribution in [3.8, 4) is 0 Å². The molecular formula is C7H12N2O3. The zero-order chi connectivity index (χ0) is 9.14. The van der Waals surface area contributed by atoms with Crippen molar-refractivity contribution in [2.24, 2.45) is 5.73 Å². The van der Waals surface area contributed by atoms with Crippen LogP contribution in [0.1, 0.15) is 6.92 Å². The van der Waals surface area contributed by atoms with Gasteiger partial charge in [-0.15, -0.1) is 0 Å². The lowest BCUT2D eigenvalue weighted by Gasteiger charge is -2.32. The van der Waals surface area contributed by atoms with Gasteiger partial charge in [0.2, 0.25) is 11.8 Å². The number of primary amides is 1. The van der Waals surface area contributed by atoms with Crippen LogP contribution in [0.5, 0.6) is 0 Å². The molecule has 0 aliphatic carbocycles. The molecule has 1 unspecified atom stereocenters. The number of ether oxygens (including phenoxy) is 1. The molecule has 0 aromatic carbocycles. The van der Waals surface area contributed by atoms with E-state index in [0.717, 1.165) is 0 Å². The van der Waals surface area contributed by atoms with Gasteiger partial charge in [-0.05, 0) is 0 Å². The topological polar surface area (TPSA) is 72.6 Å². The van der Waals surface area contributed by atoms with Crippen LogP contribution < -0.4 is 5.73 Å². The van der Waals surface area contributed by atoms with Crippen molar-refractivity contribution in [2.75, 3.05) is 19.8 Å². The Bertz CT molecular complexity index is 183. The number of amides is 2.